The smallest absolute Gasteiger partial charge is 0.224 e. The third-order valence-electron chi connectivity index (χ3n) is 6.22. The summed E-state index contributed by atoms with van der Waals surface area (Å²) in [5, 5.41) is 21.9. The van der Waals surface area contributed by atoms with Crippen LogP contribution in [0.4, 0.5) is 5.69 Å². The van der Waals surface area contributed by atoms with Gasteiger partial charge >= 0.3 is 0 Å². The lowest BCUT2D eigenvalue weighted by Gasteiger charge is -2.31. The molecule has 1 unspecified atom stereocenters. The predicted molar refractivity (Wildman–Crippen MR) is 119 cm³/mol. The van der Waals surface area contributed by atoms with Crippen molar-refractivity contribution < 1.29 is 24.5 Å². The monoisotopic (exact) mass is 432 g/mol. The minimum absolute atomic E-state index is 0.0441. The number of nitrogens with one attached hydrogen (secondary N) is 1. The lowest BCUT2D eigenvalue weighted by molar-refractivity contribution is -0.134. The normalized spacial score (nSPS) is 17.5. The van der Waals surface area contributed by atoms with Gasteiger partial charge in [-0.15, -0.1) is 0 Å². The Kier molecular flexibility index (Phi) is 9.15. The van der Waals surface area contributed by atoms with Crippen LogP contribution in [0.25, 0.3) is 0 Å². The Balaban J connectivity index is 1.40. The molecule has 1 heterocycles. The van der Waals surface area contributed by atoms with Crippen molar-refractivity contribution >= 4 is 17.5 Å². The molecule has 172 valence electrons. The van der Waals surface area contributed by atoms with Crippen LogP contribution in [0.5, 0.6) is 5.75 Å². The maximum Gasteiger partial charge on any atom is 0.224 e. The van der Waals surface area contributed by atoms with Crippen LogP contribution in [-0.2, 0) is 16.0 Å². The van der Waals surface area contributed by atoms with Crippen molar-refractivity contribution in [1.29, 1.82) is 0 Å². The Hall–Kier alpha value is -2.12. The second-order valence-corrected chi connectivity index (χ2v) is 8.81. The number of aryl methyl sites for hydroxylation is 1. The van der Waals surface area contributed by atoms with Gasteiger partial charge in [0.05, 0.1) is 19.3 Å². The van der Waals surface area contributed by atoms with E-state index in [9.17, 15) is 19.8 Å². The molecule has 31 heavy (non-hydrogen) atoms. The van der Waals surface area contributed by atoms with Gasteiger partial charge in [0, 0.05) is 31.6 Å². The zero-order chi connectivity index (χ0) is 22.1. The fraction of sp³-hybridized carbons (Fsp3) is 0.667. The zero-order valence-electron chi connectivity index (χ0n) is 18.4. The summed E-state index contributed by atoms with van der Waals surface area (Å²) in [6, 6.07) is 5.71. The fourth-order valence-corrected chi connectivity index (χ4v) is 4.45. The van der Waals surface area contributed by atoms with E-state index in [4.69, 9.17) is 4.74 Å². The first-order valence-electron chi connectivity index (χ1n) is 11.7. The molecule has 2 amide bonds. The molecule has 3 N–H and O–H groups in total. The SMILES string of the molecule is O=C1CCc2cc(OCCCCC(=O)N(CC(O)CO)CC3CCCCC3)ccc2N1. The Morgan fingerprint density at radius 3 is 2.77 bits per heavy atom. The van der Waals surface area contributed by atoms with Crippen molar-refractivity contribution in [3.63, 3.8) is 0 Å². The zero-order valence-corrected chi connectivity index (χ0v) is 18.4. The van der Waals surface area contributed by atoms with E-state index in [0.29, 0.717) is 31.9 Å². The maximum atomic E-state index is 12.7. The number of unbranched alkanes of at least 4 members (excludes halogenated alkanes) is 1. The standard InChI is InChI=1S/C24H36N2O5/c27-17-20(28)16-26(15-18-6-2-1-3-7-18)24(30)8-4-5-13-31-21-10-11-22-19(14-21)9-12-23(29)25-22/h10-11,14,18,20,27-28H,1-9,12-13,15-17H2,(H,25,29). The summed E-state index contributed by atoms with van der Waals surface area (Å²) in [4.78, 5) is 25.9. The van der Waals surface area contributed by atoms with E-state index < -0.39 is 6.10 Å². The van der Waals surface area contributed by atoms with Crippen LogP contribution < -0.4 is 10.1 Å². The molecule has 1 fully saturated rings. The molecule has 0 saturated heterocycles. The Morgan fingerprint density at radius 2 is 2.00 bits per heavy atom. The van der Waals surface area contributed by atoms with Crippen LogP contribution in [-0.4, -0.2) is 59.3 Å². The number of fused-ring (bicyclic) bond motifs is 1. The van der Waals surface area contributed by atoms with Crippen LogP contribution in [0, 0.1) is 5.92 Å². The molecule has 7 heteroatoms. The van der Waals surface area contributed by atoms with E-state index in [1.807, 2.05) is 18.2 Å². The quantitative estimate of drug-likeness (QED) is 0.467. The molecule has 7 nitrogen and oxygen atoms in total. The summed E-state index contributed by atoms with van der Waals surface area (Å²) in [6.45, 7) is 1.08. The highest BCUT2D eigenvalue weighted by Crippen LogP contribution is 2.27. The molecule has 1 saturated carbocycles. The number of amides is 2. The molecule has 0 radical (unpaired) electrons. The van der Waals surface area contributed by atoms with E-state index in [0.717, 1.165) is 49.1 Å². The third kappa shape index (κ3) is 7.51. The largest absolute Gasteiger partial charge is 0.494 e. The number of nitrogens with zero attached hydrogens (tertiary/aromatic N) is 1. The Bertz CT molecular complexity index is 733. The average molecular weight is 433 g/mol. The van der Waals surface area contributed by atoms with Gasteiger partial charge in [-0.05, 0) is 61.8 Å². The third-order valence-corrected chi connectivity index (χ3v) is 6.22. The van der Waals surface area contributed by atoms with E-state index in [2.05, 4.69) is 5.32 Å². The number of aliphatic hydroxyl groups excluding tert-OH is 2. The van der Waals surface area contributed by atoms with Crippen LogP contribution in [0.2, 0.25) is 0 Å². The Morgan fingerprint density at radius 1 is 1.19 bits per heavy atom. The van der Waals surface area contributed by atoms with Gasteiger partial charge in [0.15, 0.2) is 0 Å². The second-order valence-electron chi connectivity index (χ2n) is 8.81. The number of aliphatic hydroxyl groups is 2. The van der Waals surface area contributed by atoms with Crippen LogP contribution in [0.15, 0.2) is 18.2 Å². The minimum atomic E-state index is -0.885. The summed E-state index contributed by atoms with van der Waals surface area (Å²) >= 11 is 0. The minimum Gasteiger partial charge on any atom is -0.494 e. The number of rotatable bonds is 11. The maximum absolute atomic E-state index is 12.7. The molecule has 1 aromatic rings. The number of benzene rings is 1. The topological polar surface area (TPSA) is 99.1 Å². The molecule has 1 aliphatic carbocycles. The van der Waals surface area contributed by atoms with Crippen LogP contribution in [0.3, 0.4) is 0 Å². The number of hydrogen-bond donors (Lipinski definition) is 3. The molecule has 1 aliphatic heterocycles. The van der Waals surface area contributed by atoms with Crippen molar-refractivity contribution in [1.82, 2.24) is 4.90 Å². The number of anilines is 1. The van der Waals surface area contributed by atoms with Gasteiger partial charge in [0.25, 0.3) is 0 Å². The molecule has 1 atom stereocenters. The van der Waals surface area contributed by atoms with Gasteiger partial charge in [-0.25, -0.2) is 0 Å². The number of carbonyl (C=O) groups is 2. The highest BCUT2D eigenvalue weighted by atomic mass is 16.5. The molecular weight excluding hydrogens is 396 g/mol. The van der Waals surface area contributed by atoms with Gasteiger partial charge in [-0.2, -0.15) is 0 Å². The predicted octanol–water partition coefficient (Wildman–Crippen LogP) is 2.88. The van der Waals surface area contributed by atoms with Gasteiger partial charge < -0.3 is 25.2 Å². The lowest BCUT2D eigenvalue weighted by atomic mass is 9.89. The van der Waals surface area contributed by atoms with E-state index in [1.165, 1.54) is 19.3 Å². The molecule has 0 bridgehead atoms. The first-order chi connectivity index (χ1) is 15.0. The highest BCUT2D eigenvalue weighted by molar-refractivity contribution is 5.94. The highest BCUT2D eigenvalue weighted by Gasteiger charge is 2.22. The van der Waals surface area contributed by atoms with Gasteiger partial charge in [0.1, 0.15) is 5.75 Å². The Labute approximate surface area is 184 Å². The number of ether oxygens (including phenoxy) is 1. The second kappa shape index (κ2) is 12.1. The summed E-state index contributed by atoms with van der Waals surface area (Å²) in [7, 11) is 0. The average Bonchev–Trinajstić information content (AvgIpc) is 2.78. The number of hydrogen-bond acceptors (Lipinski definition) is 5. The molecule has 0 aromatic heterocycles. The van der Waals surface area contributed by atoms with Gasteiger partial charge in [-0.3, -0.25) is 9.59 Å². The molecule has 0 spiro atoms. The van der Waals surface area contributed by atoms with Crippen LogP contribution in [0.1, 0.15) is 63.4 Å². The first kappa shape index (κ1) is 23.5. The van der Waals surface area contributed by atoms with E-state index in [-0.39, 0.29) is 25.0 Å². The van der Waals surface area contributed by atoms with Crippen molar-refractivity contribution in [2.45, 2.75) is 70.3 Å². The van der Waals surface area contributed by atoms with E-state index in [1.54, 1.807) is 4.90 Å². The molecule has 2 aliphatic rings. The van der Waals surface area contributed by atoms with Gasteiger partial charge in [0.2, 0.25) is 11.8 Å². The summed E-state index contributed by atoms with van der Waals surface area (Å²) in [5.74, 6) is 1.38. The lowest BCUT2D eigenvalue weighted by Crippen LogP contribution is -2.42. The summed E-state index contributed by atoms with van der Waals surface area (Å²) in [6.07, 6.45) is 8.20. The van der Waals surface area contributed by atoms with Crippen molar-refractivity contribution in [2.24, 2.45) is 5.92 Å². The van der Waals surface area contributed by atoms with Gasteiger partial charge in [-0.1, -0.05) is 19.3 Å². The fourth-order valence-electron chi connectivity index (χ4n) is 4.45. The van der Waals surface area contributed by atoms with E-state index >= 15 is 0 Å². The summed E-state index contributed by atoms with van der Waals surface area (Å²) in [5.41, 5.74) is 1.95. The first-order valence-corrected chi connectivity index (χ1v) is 11.7. The molecular formula is C24H36N2O5. The van der Waals surface area contributed by atoms with Crippen molar-refractivity contribution in [2.75, 3.05) is 31.6 Å². The van der Waals surface area contributed by atoms with Crippen LogP contribution >= 0.6 is 0 Å². The molecule has 1 aromatic carbocycles. The summed E-state index contributed by atoms with van der Waals surface area (Å²) < 4.78 is 5.83. The van der Waals surface area contributed by atoms with Crippen molar-refractivity contribution in [3.8, 4) is 5.75 Å². The van der Waals surface area contributed by atoms with Crippen molar-refractivity contribution in [3.05, 3.63) is 23.8 Å². The molecule has 3 rings (SSSR count). The number of carbonyl (C=O) groups excluding carboxylic acids is 2.